The normalized spacial score (nSPS) is 15.7. The van der Waals surface area contributed by atoms with Crippen molar-refractivity contribution in [3.63, 3.8) is 0 Å². The van der Waals surface area contributed by atoms with Crippen LogP contribution in [-0.4, -0.2) is 51.6 Å². The fourth-order valence-corrected chi connectivity index (χ4v) is 3.65. The van der Waals surface area contributed by atoms with E-state index in [1.54, 1.807) is 37.8 Å². The van der Waals surface area contributed by atoms with Crippen LogP contribution in [-0.2, 0) is 14.3 Å². The standard InChI is InChI=1S/C25H39N3O5/c1-15(2)14-20(27-24(32)33-25(5,6)7)23(31)28(18-10-11-18)21(22(30)26-16(3)4)17-8-12-19(29)13-9-17/h8-9,12-13,15-16,18,20-21,29H,10-11,14H2,1-7H3,(H,26,30)(H,27,32). The van der Waals surface area contributed by atoms with Gasteiger partial charge in [0.15, 0.2) is 0 Å². The highest BCUT2D eigenvalue weighted by Crippen LogP contribution is 2.36. The SMILES string of the molecule is CC(C)CC(NC(=O)OC(C)(C)C)C(=O)N(C1CC1)C(C(=O)NC(C)C)c1ccc(O)cc1. The number of phenolic OH excluding ortho intramolecular Hbond substituents is 1. The molecule has 1 aliphatic rings. The molecule has 3 N–H and O–H groups in total. The minimum atomic E-state index is -0.872. The average Bonchev–Trinajstić information content (AvgIpc) is 3.48. The maximum Gasteiger partial charge on any atom is 0.408 e. The summed E-state index contributed by atoms with van der Waals surface area (Å²) in [5, 5.41) is 15.4. The molecule has 0 spiro atoms. The molecule has 8 heteroatoms. The van der Waals surface area contributed by atoms with Gasteiger partial charge in [0.1, 0.15) is 23.4 Å². The highest BCUT2D eigenvalue weighted by atomic mass is 16.6. The van der Waals surface area contributed by atoms with Gasteiger partial charge in [-0.1, -0.05) is 26.0 Å². The van der Waals surface area contributed by atoms with Gasteiger partial charge in [0.05, 0.1) is 0 Å². The van der Waals surface area contributed by atoms with Gasteiger partial charge < -0.3 is 25.4 Å². The van der Waals surface area contributed by atoms with Gasteiger partial charge in [0.25, 0.3) is 0 Å². The number of carbonyl (C=O) groups is 3. The van der Waals surface area contributed by atoms with Gasteiger partial charge in [-0.3, -0.25) is 9.59 Å². The zero-order valence-corrected chi connectivity index (χ0v) is 20.8. The van der Waals surface area contributed by atoms with Crippen LogP contribution >= 0.6 is 0 Å². The molecule has 2 unspecified atom stereocenters. The van der Waals surface area contributed by atoms with Gasteiger partial charge in [0, 0.05) is 12.1 Å². The first-order valence-electron chi connectivity index (χ1n) is 11.7. The van der Waals surface area contributed by atoms with E-state index in [2.05, 4.69) is 10.6 Å². The van der Waals surface area contributed by atoms with Crippen molar-refractivity contribution in [1.29, 1.82) is 0 Å². The number of ether oxygens (including phenoxy) is 1. The molecule has 0 bridgehead atoms. The van der Waals surface area contributed by atoms with Crippen LogP contribution in [0.5, 0.6) is 5.75 Å². The fourth-order valence-electron chi connectivity index (χ4n) is 3.65. The van der Waals surface area contributed by atoms with Crippen LogP contribution in [0.4, 0.5) is 4.79 Å². The third-order valence-electron chi connectivity index (χ3n) is 5.06. The molecular weight excluding hydrogens is 422 g/mol. The molecule has 8 nitrogen and oxygen atoms in total. The van der Waals surface area contributed by atoms with Crippen LogP contribution in [0.1, 0.15) is 79.3 Å². The number of nitrogens with one attached hydrogen (secondary N) is 2. The summed E-state index contributed by atoms with van der Waals surface area (Å²) < 4.78 is 5.39. The average molecular weight is 462 g/mol. The number of phenols is 1. The van der Waals surface area contributed by atoms with Crippen molar-refractivity contribution in [1.82, 2.24) is 15.5 Å². The Morgan fingerprint density at radius 3 is 2.09 bits per heavy atom. The van der Waals surface area contributed by atoms with Crippen molar-refractivity contribution in [2.24, 2.45) is 5.92 Å². The van der Waals surface area contributed by atoms with E-state index < -0.39 is 23.8 Å². The molecule has 0 saturated heterocycles. The maximum atomic E-state index is 13.9. The van der Waals surface area contributed by atoms with E-state index in [0.717, 1.165) is 12.8 Å². The predicted molar refractivity (Wildman–Crippen MR) is 127 cm³/mol. The Hall–Kier alpha value is -2.77. The number of alkyl carbamates (subject to hydrolysis) is 1. The molecule has 0 heterocycles. The number of amides is 3. The van der Waals surface area contributed by atoms with Crippen LogP contribution in [0.25, 0.3) is 0 Å². The molecule has 0 aliphatic heterocycles. The first-order valence-corrected chi connectivity index (χ1v) is 11.7. The Morgan fingerprint density at radius 1 is 1.06 bits per heavy atom. The van der Waals surface area contributed by atoms with Crippen LogP contribution in [0, 0.1) is 5.92 Å². The molecule has 1 fully saturated rings. The number of nitrogens with zero attached hydrogens (tertiary/aromatic N) is 1. The van der Waals surface area contributed by atoms with E-state index >= 15 is 0 Å². The number of hydrogen-bond acceptors (Lipinski definition) is 5. The van der Waals surface area contributed by atoms with E-state index in [9.17, 15) is 19.5 Å². The van der Waals surface area contributed by atoms with E-state index in [-0.39, 0.29) is 35.6 Å². The summed E-state index contributed by atoms with van der Waals surface area (Å²) >= 11 is 0. The molecule has 0 radical (unpaired) electrons. The molecule has 1 aliphatic carbocycles. The van der Waals surface area contributed by atoms with Gasteiger partial charge in [0.2, 0.25) is 11.8 Å². The van der Waals surface area contributed by atoms with Crippen LogP contribution in [0.3, 0.4) is 0 Å². The molecule has 184 valence electrons. The van der Waals surface area contributed by atoms with Crippen molar-refractivity contribution in [2.75, 3.05) is 0 Å². The molecule has 1 saturated carbocycles. The smallest absolute Gasteiger partial charge is 0.408 e. The summed E-state index contributed by atoms with van der Waals surface area (Å²) in [6, 6.07) is 4.41. The lowest BCUT2D eigenvalue weighted by molar-refractivity contribution is -0.143. The largest absolute Gasteiger partial charge is 0.508 e. The number of rotatable bonds is 9. The summed E-state index contributed by atoms with van der Waals surface area (Å²) in [5.74, 6) is -0.396. The predicted octanol–water partition coefficient (Wildman–Crippen LogP) is 3.89. The highest BCUT2D eigenvalue weighted by molar-refractivity contribution is 5.92. The minimum absolute atomic E-state index is 0.0790. The van der Waals surface area contributed by atoms with E-state index in [4.69, 9.17) is 4.74 Å². The first-order chi connectivity index (χ1) is 15.3. The van der Waals surface area contributed by atoms with Gasteiger partial charge in [-0.05, 0) is 77.5 Å². The molecular formula is C25H39N3O5. The molecule has 33 heavy (non-hydrogen) atoms. The highest BCUT2D eigenvalue weighted by Gasteiger charge is 2.44. The van der Waals surface area contributed by atoms with Crippen LogP contribution in [0.15, 0.2) is 24.3 Å². The topological polar surface area (TPSA) is 108 Å². The molecule has 3 amide bonds. The second-order valence-corrected chi connectivity index (χ2v) is 10.5. The summed E-state index contributed by atoms with van der Waals surface area (Å²) in [5.41, 5.74) is -0.0935. The zero-order chi connectivity index (χ0) is 24.9. The van der Waals surface area contributed by atoms with Crippen molar-refractivity contribution in [2.45, 2.75) is 97.5 Å². The first kappa shape index (κ1) is 26.5. The van der Waals surface area contributed by atoms with Crippen LogP contribution < -0.4 is 10.6 Å². The second-order valence-electron chi connectivity index (χ2n) is 10.5. The third-order valence-corrected chi connectivity index (χ3v) is 5.06. The Morgan fingerprint density at radius 2 is 1.64 bits per heavy atom. The van der Waals surface area contributed by atoms with E-state index in [1.807, 2.05) is 27.7 Å². The van der Waals surface area contributed by atoms with Gasteiger partial charge in [-0.15, -0.1) is 0 Å². The molecule has 1 aromatic rings. The van der Waals surface area contributed by atoms with Gasteiger partial charge >= 0.3 is 6.09 Å². The third kappa shape index (κ3) is 8.26. The second kappa shape index (κ2) is 10.9. The maximum absolute atomic E-state index is 13.9. The quantitative estimate of drug-likeness (QED) is 0.517. The lowest BCUT2D eigenvalue weighted by Gasteiger charge is -2.35. The molecule has 2 rings (SSSR count). The fraction of sp³-hybridized carbons (Fsp3) is 0.640. The summed E-state index contributed by atoms with van der Waals surface area (Å²) in [7, 11) is 0. The van der Waals surface area contributed by atoms with Crippen molar-refractivity contribution >= 4 is 17.9 Å². The van der Waals surface area contributed by atoms with Crippen LogP contribution in [0.2, 0.25) is 0 Å². The van der Waals surface area contributed by atoms with Gasteiger partial charge in [-0.25, -0.2) is 4.79 Å². The Kier molecular flexibility index (Phi) is 8.75. The van der Waals surface area contributed by atoms with Gasteiger partial charge in [-0.2, -0.15) is 0 Å². The summed E-state index contributed by atoms with van der Waals surface area (Å²) in [4.78, 5) is 41.3. The number of hydrogen-bond donors (Lipinski definition) is 3. The van der Waals surface area contributed by atoms with Crippen molar-refractivity contribution in [3.05, 3.63) is 29.8 Å². The monoisotopic (exact) mass is 461 g/mol. The molecule has 1 aromatic carbocycles. The number of carbonyl (C=O) groups excluding carboxylic acids is 3. The van der Waals surface area contributed by atoms with Crippen molar-refractivity contribution in [3.8, 4) is 5.75 Å². The Bertz CT molecular complexity index is 825. The van der Waals surface area contributed by atoms with E-state index in [0.29, 0.717) is 12.0 Å². The number of aromatic hydroxyl groups is 1. The molecule has 2 atom stereocenters. The minimum Gasteiger partial charge on any atom is -0.508 e. The Labute approximate surface area is 197 Å². The summed E-state index contributed by atoms with van der Waals surface area (Å²) in [6.45, 7) is 13.0. The number of benzene rings is 1. The Balaban J connectivity index is 2.41. The summed E-state index contributed by atoms with van der Waals surface area (Å²) in [6.07, 6.45) is 1.33. The van der Waals surface area contributed by atoms with E-state index in [1.165, 1.54) is 12.1 Å². The lowest BCUT2D eigenvalue weighted by Crippen LogP contribution is -2.54. The molecule has 0 aromatic heterocycles. The zero-order valence-electron chi connectivity index (χ0n) is 20.8. The lowest BCUT2D eigenvalue weighted by atomic mass is 9.98. The van der Waals surface area contributed by atoms with Crippen molar-refractivity contribution < 1.29 is 24.2 Å².